The average molecular weight is 348 g/mol. The molecule has 1 aliphatic heterocycles. The predicted molar refractivity (Wildman–Crippen MR) is 76.1 cm³/mol. The van der Waals surface area contributed by atoms with Crippen LogP contribution < -0.4 is 10.2 Å². The minimum atomic E-state index is 0.604. The lowest BCUT2D eigenvalue weighted by Gasteiger charge is -2.35. The topological polar surface area (TPSA) is 15.3 Å². The SMILES string of the molecule is CNC1CCCN(c2c(Br)cccc2Br)C1. The van der Waals surface area contributed by atoms with Gasteiger partial charge in [0.25, 0.3) is 0 Å². The maximum Gasteiger partial charge on any atom is 0.0655 e. The van der Waals surface area contributed by atoms with Crippen LogP contribution in [0.5, 0.6) is 0 Å². The molecule has 1 aliphatic rings. The molecule has 2 nitrogen and oxygen atoms in total. The van der Waals surface area contributed by atoms with Gasteiger partial charge in [0, 0.05) is 28.1 Å². The summed E-state index contributed by atoms with van der Waals surface area (Å²) < 4.78 is 2.33. The number of rotatable bonds is 2. The molecular formula is C12H16Br2N2. The quantitative estimate of drug-likeness (QED) is 0.882. The predicted octanol–water partition coefficient (Wildman–Crippen LogP) is 3.40. The molecule has 4 heteroatoms. The van der Waals surface area contributed by atoms with E-state index in [1.165, 1.54) is 27.5 Å². The molecule has 0 radical (unpaired) electrons. The van der Waals surface area contributed by atoms with Gasteiger partial charge in [-0.1, -0.05) is 6.07 Å². The molecule has 1 atom stereocenters. The first-order valence-corrected chi connectivity index (χ1v) is 7.17. The van der Waals surface area contributed by atoms with Crippen LogP contribution in [0.2, 0.25) is 0 Å². The number of halogens is 2. The molecule has 2 rings (SSSR count). The minimum Gasteiger partial charge on any atom is -0.368 e. The van der Waals surface area contributed by atoms with E-state index in [1.54, 1.807) is 0 Å². The Balaban J connectivity index is 2.23. The second kappa shape index (κ2) is 5.52. The fourth-order valence-electron chi connectivity index (χ4n) is 2.21. The van der Waals surface area contributed by atoms with Crippen LogP contribution in [0.1, 0.15) is 12.8 Å². The lowest BCUT2D eigenvalue weighted by molar-refractivity contribution is 0.449. The molecule has 0 amide bonds. The van der Waals surface area contributed by atoms with Gasteiger partial charge in [-0.05, 0) is 63.9 Å². The van der Waals surface area contributed by atoms with Crippen LogP contribution in [0.3, 0.4) is 0 Å². The Hall–Kier alpha value is -0.0600. The third-order valence-electron chi connectivity index (χ3n) is 3.08. The Labute approximate surface area is 114 Å². The summed E-state index contributed by atoms with van der Waals surface area (Å²) in [4.78, 5) is 2.44. The highest BCUT2D eigenvalue weighted by molar-refractivity contribution is 9.11. The second-order valence-corrected chi connectivity index (χ2v) is 5.85. The highest BCUT2D eigenvalue weighted by Gasteiger charge is 2.21. The van der Waals surface area contributed by atoms with Crippen molar-refractivity contribution < 1.29 is 0 Å². The van der Waals surface area contributed by atoms with Gasteiger partial charge in [-0.2, -0.15) is 0 Å². The fraction of sp³-hybridized carbons (Fsp3) is 0.500. The number of hydrogen-bond acceptors (Lipinski definition) is 2. The van der Waals surface area contributed by atoms with E-state index < -0.39 is 0 Å². The van der Waals surface area contributed by atoms with E-state index in [0.29, 0.717) is 6.04 Å². The van der Waals surface area contributed by atoms with E-state index in [2.05, 4.69) is 60.3 Å². The summed E-state index contributed by atoms with van der Waals surface area (Å²) in [6.07, 6.45) is 2.52. The third kappa shape index (κ3) is 2.60. The molecule has 1 saturated heterocycles. The number of hydrogen-bond donors (Lipinski definition) is 1. The van der Waals surface area contributed by atoms with Gasteiger partial charge in [-0.3, -0.25) is 0 Å². The van der Waals surface area contributed by atoms with E-state index in [9.17, 15) is 0 Å². The number of para-hydroxylation sites is 1. The summed E-state index contributed by atoms with van der Waals surface area (Å²) in [5.74, 6) is 0. The first kappa shape index (κ1) is 12.4. The smallest absolute Gasteiger partial charge is 0.0655 e. The van der Waals surface area contributed by atoms with Crippen LogP contribution >= 0.6 is 31.9 Å². The number of anilines is 1. The molecule has 88 valence electrons. The molecule has 0 saturated carbocycles. The van der Waals surface area contributed by atoms with Gasteiger partial charge in [-0.15, -0.1) is 0 Å². The molecular weight excluding hydrogens is 332 g/mol. The molecule has 1 aromatic rings. The molecule has 1 N–H and O–H groups in total. The van der Waals surface area contributed by atoms with Crippen molar-refractivity contribution in [2.45, 2.75) is 18.9 Å². The zero-order valence-electron chi connectivity index (χ0n) is 9.34. The molecule has 0 aliphatic carbocycles. The maximum atomic E-state index is 3.63. The summed E-state index contributed by atoms with van der Waals surface area (Å²) >= 11 is 7.26. The van der Waals surface area contributed by atoms with Gasteiger partial charge in [-0.25, -0.2) is 0 Å². The van der Waals surface area contributed by atoms with E-state index in [0.717, 1.165) is 13.1 Å². The summed E-state index contributed by atoms with van der Waals surface area (Å²) in [6, 6.07) is 6.86. The Morgan fingerprint density at radius 2 is 2.00 bits per heavy atom. The van der Waals surface area contributed by atoms with Gasteiger partial charge in [0.05, 0.1) is 5.69 Å². The monoisotopic (exact) mass is 346 g/mol. The van der Waals surface area contributed by atoms with Gasteiger partial charge in [0.2, 0.25) is 0 Å². The van der Waals surface area contributed by atoms with Crippen LogP contribution in [0.4, 0.5) is 5.69 Å². The molecule has 1 aromatic carbocycles. The lowest BCUT2D eigenvalue weighted by atomic mass is 10.1. The second-order valence-electron chi connectivity index (χ2n) is 4.14. The molecule has 0 spiro atoms. The summed E-state index contributed by atoms with van der Waals surface area (Å²) in [7, 11) is 2.04. The van der Waals surface area contributed by atoms with E-state index in [4.69, 9.17) is 0 Å². The summed E-state index contributed by atoms with van der Waals surface area (Å²) in [5, 5.41) is 3.37. The Morgan fingerprint density at radius 3 is 2.62 bits per heavy atom. The number of benzene rings is 1. The van der Waals surface area contributed by atoms with Crippen molar-refractivity contribution in [2.75, 3.05) is 25.0 Å². The summed E-state index contributed by atoms with van der Waals surface area (Å²) in [5.41, 5.74) is 1.28. The number of likely N-dealkylation sites (N-methyl/N-ethyl adjacent to an activating group) is 1. The first-order valence-electron chi connectivity index (χ1n) is 5.58. The van der Waals surface area contributed by atoms with Gasteiger partial charge >= 0.3 is 0 Å². The first-order chi connectivity index (χ1) is 7.72. The number of piperidine rings is 1. The zero-order chi connectivity index (χ0) is 11.5. The normalized spacial score (nSPS) is 21.2. The van der Waals surface area contributed by atoms with Gasteiger partial charge in [0.1, 0.15) is 0 Å². The Kier molecular flexibility index (Phi) is 4.27. The Bertz CT molecular complexity index is 348. The van der Waals surface area contributed by atoms with Crippen LogP contribution in [0.15, 0.2) is 27.1 Å². The van der Waals surface area contributed by atoms with E-state index in [1.807, 2.05) is 7.05 Å². The molecule has 1 heterocycles. The van der Waals surface area contributed by atoms with E-state index in [-0.39, 0.29) is 0 Å². The Morgan fingerprint density at radius 1 is 1.31 bits per heavy atom. The molecule has 1 unspecified atom stereocenters. The van der Waals surface area contributed by atoms with Crippen LogP contribution in [0.25, 0.3) is 0 Å². The molecule has 0 aromatic heterocycles. The molecule has 0 bridgehead atoms. The third-order valence-corrected chi connectivity index (χ3v) is 4.36. The van der Waals surface area contributed by atoms with Crippen molar-refractivity contribution in [2.24, 2.45) is 0 Å². The molecule has 1 fully saturated rings. The zero-order valence-corrected chi connectivity index (χ0v) is 12.5. The van der Waals surface area contributed by atoms with Crippen LogP contribution in [-0.2, 0) is 0 Å². The van der Waals surface area contributed by atoms with Crippen molar-refractivity contribution >= 4 is 37.5 Å². The van der Waals surface area contributed by atoms with E-state index >= 15 is 0 Å². The van der Waals surface area contributed by atoms with Gasteiger partial charge < -0.3 is 10.2 Å². The number of nitrogens with zero attached hydrogens (tertiary/aromatic N) is 1. The maximum absolute atomic E-state index is 3.63. The highest BCUT2D eigenvalue weighted by Crippen LogP contribution is 2.35. The highest BCUT2D eigenvalue weighted by atomic mass is 79.9. The number of nitrogens with one attached hydrogen (secondary N) is 1. The van der Waals surface area contributed by atoms with Gasteiger partial charge in [0.15, 0.2) is 0 Å². The largest absolute Gasteiger partial charge is 0.368 e. The average Bonchev–Trinajstić information content (AvgIpc) is 2.29. The van der Waals surface area contributed by atoms with Crippen molar-refractivity contribution in [3.05, 3.63) is 27.1 Å². The van der Waals surface area contributed by atoms with Crippen LogP contribution in [-0.4, -0.2) is 26.2 Å². The lowest BCUT2D eigenvalue weighted by Crippen LogP contribution is -2.44. The van der Waals surface area contributed by atoms with Crippen molar-refractivity contribution in [1.29, 1.82) is 0 Å². The fourth-order valence-corrected chi connectivity index (χ4v) is 3.71. The molecule has 16 heavy (non-hydrogen) atoms. The van der Waals surface area contributed by atoms with Crippen LogP contribution in [0, 0.1) is 0 Å². The van der Waals surface area contributed by atoms with Crippen molar-refractivity contribution in [3.63, 3.8) is 0 Å². The minimum absolute atomic E-state index is 0.604. The summed E-state index contributed by atoms with van der Waals surface area (Å²) in [6.45, 7) is 2.22. The van der Waals surface area contributed by atoms with Crippen molar-refractivity contribution in [3.8, 4) is 0 Å². The van der Waals surface area contributed by atoms with Crippen molar-refractivity contribution in [1.82, 2.24) is 5.32 Å². The standard InChI is InChI=1S/C12H16Br2N2/c1-15-9-4-3-7-16(8-9)12-10(13)5-2-6-11(12)14/h2,5-6,9,15H,3-4,7-8H2,1H3.